The van der Waals surface area contributed by atoms with Crippen LogP contribution in [-0.4, -0.2) is 20.0 Å². The molecule has 0 aliphatic rings. The smallest absolute Gasteiger partial charge is 0.142 e. The number of anilines is 2. The molecule has 98 valence electrons. The van der Waals surface area contributed by atoms with Gasteiger partial charge in [-0.2, -0.15) is 0 Å². The van der Waals surface area contributed by atoms with E-state index < -0.39 is 0 Å². The van der Waals surface area contributed by atoms with Crippen LogP contribution < -0.4 is 15.4 Å². The molecule has 19 heavy (non-hydrogen) atoms. The second kappa shape index (κ2) is 5.44. The van der Waals surface area contributed by atoms with Crippen molar-refractivity contribution in [2.75, 3.05) is 19.1 Å². The summed E-state index contributed by atoms with van der Waals surface area (Å²) in [7, 11) is 3.57. The molecule has 0 aliphatic heterocycles. The number of rotatable bonds is 4. The van der Waals surface area contributed by atoms with E-state index in [-0.39, 0.29) is 5.84 Å². The molecule has 2 aromatic rings. The first-order valence-electron chi connectivity index (χ1n) is 5.95. The van der Waals surface area contributed by atoms with Crippen molar-refractivity contribution in [2.24, 2.45) is 5.73 Å². The number of nitrogens with one attached hydrogen (secondary N) is 1. The largest absolute Gasteiger partial charge is 0.495 e. The zero-order valence-corrected chi connectivity index (χ0v) is 11.1. The highest BCUT2D eigenvalue weighted by molar-refractivity contribution is 6.01. The molecule has 4 heteroatoms. The van der Waals surface area contributed by atoms with Crippen molar-refractivity contribution in [3.05, 3.63) is 54.1 Å². The molecule has 0 bridgehead atoms. The fraction of sp³-hybridized carbons (Fsp3) is 0.133. The molecule has 0 saturated carbocycles. The topological polar surface area (TPSA) is 62.3 Å². The highest BCUT2D eigenvalue weighted by Crippen LogP contribution is 2.33. The van der Waals surface area contributed by atoms with E-state index in [1.165, 1.54) is 0 Å². The lowest BCUT2D eigenvalue weighted by atomic mass is 10.1. The van der Waals surface area contributed by atoms with Crippen LogP contribution >= 0.6 is 0 Å². The predicted octanol–water partition coefficient (Wildman–Crippen LogP) is 2.75. The summed E-state index contributed by atoms with van der Waals surface area (Å²) in [6.07, 6.45) is 0. The van der Waals surface area contributed by atoms with Crippen LogP contribution in [0.15, 0.2) is 48.5 Å². The second-order valence-electron chi connectivity index (χ2n) is 4.16. The third-order valence-electron chi connectivity index (χ3n) is 3.00. The molecule has 0 amide bonds. The normalized spacial score (nSPS) is 10.0. The van der Waals surface area contributed by atoms with Crippen molar-refractivity contribution >= 4 is 17.2 Å². The summed E-state index contributed by atoms with van der Waals surface area (Å²) in [6, 6.07) is 15.3. The number of nitrogen functional groups attached to an aromatic ring is 1. The Balaban J connectivity index is 2.50. The number of nitrogens with zero attached hydrogens (tertiary/aromatic N) is 1. The first-order valence-corrected chi connectivity index (χ1v) is 5.95. The average molecular weight is 255 g/mol. The average Bonchev–Trinajstić information content (AvgIpc) is 2.46. The third-order valence-corrected chi connectivity index (χ3v) is 3.00. The van der Waals surface area contributed by atoms with Gasteiger partial charge in [0.2, 0.25) is 0 Å². The van der Waals surface area contributed by atoms with E-state index in [4.69, 9.17) is 15.9 Å². The molecule has 2 rings (SSSR count). The number of hydrogen-bond acceptors (Lipinski definition) is 3. The van der Waals surface area contributed by atoms with Gasteiger partial charge in [0.1, 0.15) is 11.6 Å². The molecule has 0 radical (unpaired) electrons. The lowest BCUT2D eigenvalue weighted by Gasteiger charge is -2.24. The van der Waals surface area contributed by atoms with E-state index in [0.717, 1.165) is 17.1 Å². The minimum absolute atomic E-state index is 0.0531. The number of ether oxygens (including phenoxy) is 1. The first kappa shape index (κ1) is 13.0. The number of nitrogens with two attached hydrogens (primary N) is 1. The van der Waals surface area contributed by atoms with Gasteiger partial charge in [0.25, 0.3) is 0 Å². The Bertz CT molecular complexity index is 595. The maximum atomic E-state index is 7.65. The Labute approximate surface area is 112 Å². The Morgan fingerprint density at radius 1 is 1.05 bits per heavy atom. The molecule has 0 unspecified atom stereocenters. The van der Waals surface area contributed by atoms with Gasteiger partial charge in [0.15, 0.2) is 0 Å². The molecule has 0 fully saturated rings. The first-order chi connectivity index (χ1) is 9.15. The van der Waals surface area contributed by atoms with Gasteiger partial charge >= 0.3 is 0 Å². The molecule has 0 aliphatic carbocycles. The van der Waals surface area contributed by atoms with Crippen LogP contribution in [0.3, 0.4) is 0 Å². The van der Waals surface area contributed by atoms with Gasteiger partial charge < -0.3 is 15.4 Å². The number of hydrogen-bond donors (Lipinski definition) is 2. The lowest BCUT2D eigenvalue weighted by molar-refractivity contribution is 0.415. The molecule has 2 aromatic carbocycles. The lowest BCUT2D eigenvalue weighted by Crippen LogP contribution is -2.18. The Kier molecular flexibility index (Phi) is 3.71. The van der Waals surface area contributed by atoms with Crippen molar-refractivity contribution in [1.82, 2.24) is 0 Å². The van der Waals surface area contributed by atoms with Crippen LogP contribution in [-0.2, 0) is 0 Å². The summed E-state index contributed by atoms with van der Waals surface area (Å²) in [4.78, 5) is 1.97. The number of methoxy groups -OCH3 is 1. The van der Waals surface area contributed by atoms with Crippen LogP contribution in [0.1, 0.15) is 5.56 Å². The summed E-state index contributed by atoms with van der Waals surface area (Å²) in [5, 5.41) is 7.65. The van der Waals surface area contributed by atoms with Gasteiger partial charge in [-0.3, -0.25) is 5.41 Å². The van der Waals surface area contributed by atoms with Gasteiger partial charge in [0.05, 0.1) is 18.5 Å². The van der Waals surface area contributed by atoms with Crippen molar-refractivity contribution in [3.63, 3.8) is 0 Å². The van der Waals surface area contributed by atoms with Crippen LogP contribution in [0.4, 0.5) is 11.4 Å². The second-order valence-corrected chi connectivity index (χ2v) is 4.16. The standard InChI is InChI=1S/C15H17N3O/c1-18(13-9-5-6-10-14(13)19-2)12-8-4-3-7-11(12)15(16)17/h3-10H,1-2H3,(H3,16,17). The zero-order chi connectivity index (χ0) is 13.8. The number of benzene rings is 2. The predicted molar refractivity (Wildman–Crippen MR) is 78.5 cm³/mol. The summed E-state index contributed by atoms with van der Waals surface area (Å²) >= 11 is 0. The quantitative estimate of drug-likeness (QED) is 0.652. The van der Waals surface area contributed by atoms with Crippen LogP contribution in [0.5, 0.6) is 5.75 Å². The van der Waals surface area contributed by atoms with E-state index in [0.29, 0.717) is 5.56 Å². The van der Waals surface area contributed by atoms with E-state index in [1.54, 1.807) is 7.11 Å². The van der Waals surface area contributed by atoms with Crippen LogP contribution in [0, 0.1) is 5.41 Å². The van der Waals surface area contributed by atoms with E-state index >= 15 is 0 Å². The number of para-hydroxylation sites is 3. The zero-order valence-electron chi connectivity index (χ0n) is 11.1. The number of amidine groups is 1. The fourth-order valence-corrected chi connectivity index (χ4v) is 2.03. The molecule has 0 aromatic heterocycles. The summed E-state index contributed by atoms with van der Waals surface area (Å²) in [6.45, 7) is 0. The third kappa shape index (κ3) is 2.52. The molecule has 4 nitrogen and oxygen atoms in total. The van der Waals surface area contributed by atoms with Gasteiger partial charge in [-0.15, -0.1) is 0 Å². The van der Waals surface area contributed by atoms with E-state index in [1.807, 2.05) is 60.5 Å². The highest BCUT2D eigenvalue weighted by Gasteiger charge is 2.13. The molecule has 0 heterocycles. The van der Waals surface area contributed by atoms with Crippen molar-refractivity contribution < 1.29 is 4.74 Å². The van der Waals surface area contributed by atoms with Crippen molar-refractivity contribution in [1.29, 1.82) is 5.41 Å². The summed E-state index contributed by atoms with van der Waals surface area (Å²) in [5.74, 6) is 0.834. The summed E-state index contributed by atoms with van der Waals surface area (Å²) < 4.78 is 5.36. The highest BCUT2D eigenvalue weighted by atomic mass is 16.5. The maximum Gasteiger partial charge on any atom is 0.142 e. The van der Waals surface area contributed by atoms with Crippen molar-refractivity contribution in [2.45, 2.75) is 0 Å². The van der Waals surface area contributed by atoms with Gasteiger partial charge in [-0.05, 0) is 24.3 Å². The molecule has 0 atom stereocenters. The minimum Gasteiger partial charge on any atom is -0.495 e. The van der Waals surface area contributed by atoms with Gasteiger partial charge in [-0.1, -0.05) is 24.3 Å². The van der Waals surface area contributed by atoms with Crippen LogP contribution in [0.2, 0.25) is 0 Å². The Hall–Kier alpha value is -2.49. The van der Waals surface area contributed by atoms with Gasteiger partial charge in [0, 0.05) is 12.6 Å². The minimum atomic E-state index is 0.0531. The Morgan fingerprint density at radius 2 is 1.63 bits per heavy atom. The van der Waals surface area contributed by atoms with E-state index in [2.05, 4.69) is 0 Å². The van der Waals surface area contributed by atoms with Crippen LogP contribution in [0.25, 0.3) is 0 Å². The molecule has 3 N–H and O–H groups in total. The molecule has 0 spiro atoms. The monoisotopic (exact) mass is 255 g/mol. The van der Waals surface area contributed by atoms with Crippen molar-refractivity contribution in [3.8, 4) is 5.75 Å². The molecular formula is C15H17N3O. The van der Waals surface area contributed by atoms with Gasteiger partial charge in [-0.25, -0.2) is 0 Å². The Morgan fingerprint density at radius 3 is 2.26 bits per heavy atom. The SMILES string of the molecule is COc1ccccc1N(C)c1ccccc1C(=N)N. The maximum absolute atomic E-state index is 7.65. The summed E-state index contributed by atoms with van der Waals surface area (Å²) in [5.41, 5.74) is 8.13. The molecule has 0 saturated heterocycles. The molecular weight excluding hydrogens is 238 g/mol. The van der Waals surface area contributed by atoms with E-state index in [9.17, 15) is 0 Å². The fourth-order valence-electron chi connectivity index (χ4n) is 2.03.